The summed E-state index contributed by atoms with van der Waals surface area (Å²) in [6.07, 6.45) is 7.99. The van der Waals surface area contributed by atoms with E-state index in [1.54, 1.807) is 0 Å². The molecule has 0 radical (unpaired) electrons. The Balaban J connectivity index is -0.0000000540. The summed E-state index contributed by atoms with van der Waals surface area (Å²) in [7, 11) is -1.71. The molecule has 0 heterocycles. The Morgan fingerprint density at radius 3 is 1.41 bits per heavy atom. The summed E-state index contributed by atoms with van der Waals surface area (Å²) >= 11 is 6.67. The van der Waals surface area contributed by atoms with Gasteiger partial charge in [0.1, 0.15) is 0 Å². The Morgan fingerprint density at radius 1 is 0.812 bits per heavy atom. The third-order valence-corrected chi connectivity index (χ3v) is 7.85. The number of hydrogen-bond donors (Lipinski definition) is 0. The van der Waals surface area contributed by atoms with Crippen molar-refractivity contribution in [2.75, 3.05) is 17.2 Å². The van der Waals surface area contributed by atoms with Crippen LogP contribution in [-0.2, 0) is 0 Å². The summed E-state index contributed by atoms with van der Waals surface area (Å²) in [4.78, 5) is 2.71. The predicted molar refractivity (Wildman–Crippen MR) is 176 cm³/mol. The van der Waals surface area contributed by atoms with Crippen LogP contribution in [-0.4, -0.2) is 42.1 Å². The zero-order valence-electron chi connectivity index (χ0n) is 21.0. The molecule has 0 aliphatic carbocycles. The van der Waals surface area contributed by atoms with Crippen molar-refractivity contribution in [2.24, 2.45) is 5.11 Å². The minimum absolute atomic E-state index is 0. The summed E-state index contributed by atoms with van der Waals surface area (Å²) in [6.45, 7) is 25.5. The molecule has 0 fully saturated rings. The zero-order chi connectivity index (χ0) is 23.8. The highest BCUT2D eigenvalue weighted by Gasteiger charge is 2.11. The van der Waals surface area contributed by atoms with Gasteiger partial charge in [-0.3, -0.25) is 0 Å². The molecule has 0 aliphatic heterocycles. The molecular formula is C24H63Br2N3Si3. The number of azide groups is 1. The van der Waals surface area contributed by atoms with E-state index >= 15 is 0 Å². The summed E-state index contributed by atoms with van der Waals surface area (Å²) < 4.78 is 0. The Kier molecular flexibility index (Phi) is 56.3. The fraction of sp³-hybridized carbons (Fsp3) is 0.917. The first-order valence-electron chi connectivity index (χ1n) is 11.0. The molecule has 0 rings (SSSR count). The van der Waals surface area contributed by atoms with Crippen molar-refractivity contribution in [2.45, 2.75) is 125 Å². The maximum atomic E-state index is 7.99. The van der Waals surface area contributed by atoms with Gasteiger partial charge in [-0.1, -0.05) is 149 Å². The molecule has 0 spiro atoms. The number of nitrogens with zero attached hydrogens (tertiary/aromatic N) is 3. The molecule has 200 valence electrons. The van der Waals surface area contributed by atoms with Crippen LogP contribution in [0.25, 0.3) is 10.4 Å². The highest BCUT2D eigenvalue weighted by atomic mass is 79.9. The molecule has 0 bridgehead atoms. The second-order valence-electron chi connectivity index (χ2n) is 10.2. The quantitative estimate of drug-likeness (QED) is 0.0412. The van der Waals surface area contributed by atoms with E-state index in [1.807, 2.05) is 6.08 Å². The molecule has 32 heavy (non-hydrogen) atoms. The number of hydrogen-bond acceptors (Lipinski definition) is 1. The van der Waals surface area contributed by atoms with Crippen molar-refractivity contribution in [1.82, 2.24) is 0 Å². The Labute approximate surface area is 226 Å². The topological polar surface area (TPSA) is 48.8 Å². The van der Waals surface area contributed by atoms with E-state index in [9.17, 15) is 0 Å². The minimum atomic E-state index is -0.852. The molecule has 0 atom stereocenters. The van der Waals surface area contributed by atoms with Gasteiger partial charge in [0.25, 0.3) is 0 Å². The van der Waals surface area contributed by atoms with Crippen molar-refractivity contribution >= 4 is 56.8 Å². The van der Waals surface area contributed by atoms with Gasteiger partial charge in [-0.15, -0.1) is 6.58 Å². The summed E-state index contributed by atoms with van der Waals surface area (Å²) in [5.41, 5.74) is 7.99. The smallest absolute Gasteiger partial charge is 0.0442 e. The second-order valence-corrected chi connectivity index (χ2v) is 26.5. The molecule has 0 saturated carbocycles. The normalized spacial score (nSPS) is 9.38. The molecule has 0 aromatic carbocycles. The molecule has 0 unspecified atom stereocenters. The summed E-state index contributed by atoms with van der Waals surface area (Å²) in [5, 5.41) is 5.70. The molecule has 0 saturated heterocycles. The Bertz CT molecular complexity index is 375. The third kappa shape index (κ3) is 97.2. The molecule has 0 aromatic rings. The lowest BCUT2D eigenvalue weighted by molar-refractivity contribution is 0.792. The molecule has 0 aromatic heterocycles. The van der Waals surface area contributed by atoms with E-state index in [4.69, 9.17) is 5.53 Å². The monoisotopic (exact) mass is 635 g/mol. The zero-order valence-corrected chi connectivity index (χ0v) is 27.4. The fourth-order valence-corrected chi connectivity index (χ4v) is 5.05. The van der Waals surface area contributed by atoms with Crippen LogP contribution < -0.4 is 0 Å². The van der Waals surface area contributed by atoms with Gasteiger partial charge in [0, 0.05) is 47.1 Å². The van der Waals surface area contributed by atoms with Crippen LogP contribution in [0.3, 0.4) is 0 Å². The number of halogens is 2. The van der Waals surface area contributed by atoms with Gasteiger partial charge in [-0.2, -0.15) is 0 Å². The lowest BCUT2D eigenvalue weighted by Crippen LogP contribution is -2.18. The molecule has 0 aliphatic rings. The van der Waals surface area contributed by atoms with Gasteiger partial charge < -0.3 is 0 Å². The highest BCUT2D eigenvalue weighted by Crippen LogP contribution is 2.13. The number of allylic oxidation sites excluding steroid dienone is 1. The molecule has 0 amide bonds. The molecule has 8 heteroatoms. The van der Waals surface area contributed by atoms with E-state index in [0.29, 0.717) is 6.54 Å². The Morgan fingerprint density at radius 2 is 1.19 bits per heavy atom. The highest BCUT2D eigenvalue weighted by molar-refractivity contribution is 9.09. The maximum absolute atomic E-state index is 7.99. The second kappa shape index (κ2) is 36.2. The van der Waals surface area contributed by atoms with Crippen molar-refractivity contribution in [3.05, 3.63) is 23.1 Å². The number of unbranched alkanes of at least 4 members (excludes halogenated alkanes) is 2. The van der Waals surface area contributed by atoms with Crippen molar-refractivity contribution in [3.63, 3.8) is 0 Å². The average molecular weight is 638 g/mol. The summed E-state index contributed by atoms with van der Waals surface area (Å²) in [5.74, 6) is 0. The van der Waals surface area contributed by atoms with Gasteiger partial charge in [-0.25, -0.2) is 0 Å². The van der Waals surface area contributed by atoms with Gasteiger partial charge in [-0.05, 0) is 24.8 Å². The van der Waals surface area contributed by atoms with Gasteiger partial charge in [0.05, 0.1) is 0 Å². The molecular weight excluding hydrogens is 574 g/mol. The third-order valence-electron chi connectivity index (χ3n) is 3.12. The summed E-state index contributed by atoms with van der Waals surface area (Å²) in [6, 6.07) is 2.83. The minimum Gasteiger partial charge on any atom is -0.103 e. The largest absolute Gasteiger partial charge is 0.103 e. The van der Waals surface area contributed by atoms with Gasteiger partial charge in [0.2, 0.25) is 0 Å². The van der Waals surface area contributed by atoms with Crippen LogP contribution in [0, 0.1) is 0 Å². The van der Waals surface area contributed by atoms with Gasteiger partial charge in [0.15, 0.2) is 0 Å². The lowest BCUT2D eigenvalue weighted by Gasteiger charge is -2.14. The standard InChI is InChI=1S/C7H17BrSi.C7H17N3Si.C4H7Br.C3H10Si.3CH4/c1-9(2,3)7-5-4-6-8;1-11(2,3)7-5-4-6-9-10-8;1-2-3-4-5;1-4(2)3;;;/h4-7H2,1-3H3;4-7H2,1-3H3;2H,1,3-4H2;4H,1-3H3;3*1H4. The average Bonchev–Trinajstić information content (AvgIpc) is 2.54. The fourth-order valence-electron chi connectivity index (χ4n) is 1.71. The maximum Gasteiger partial charge on any atom is 0.0442 e. The number of alkyl halides is 2. The van der Waals surface area contributed by atoms with Crippen LogP contribution in [0.15, 0.2) is 17.8 Å². The van der Waals surface area contributed by atoms with Crippen LogP contribution in [0.4, 0.5) is 0 Å². The van der Waals surface area contributed by atoms with Crippen LogP contribution >= 0.6 is 31.9 Å². The van der Waals surface area contributed by atoms with E-state index in [1.165, 1.54) is 36.7 Å². The number of rotatable bonds is 11. The first-order valence-corrected chi connectivity index (χ1v) is 24.1. The lowest BCUT2D eigenvalue weighted by atomic mass is 10.3. The van der Waals surface area contributed by atoms with Crippen molar-refractivity contribution in [3.8, 4) is 0 Å². The van der Waals surface area contributed by atoms with E-state index in [2.05, 4.69) is 107 Å². The Hall–Kier alpha value is 0.661. The first kappa shape index (κ1) is 49.7. The van der Waals surface area contributed by atoms with E-state index in [-0.39, 0.29) is 31.1 Å². The predicted octanol–water partition coefficient (Wildman–Crippen LogP) is 11.9. The van der Waals surface area contributed by atoms with Crippen LogP contribution in [0.1, 0.15) is 54.4 Å². The first-order chi connectivity index (χ1) is 13.3. The van der Waals surface area contributed by atoms with Crippen molar-refractivity contribution in [1.29, 1.82) is 0 Å². The van der Waals surface area contributed by atoms with Crippen LogP contribution in [0.5, 0.6) is 0 Å². The van der Waals surface area contributed by atoms with E-state index < -0.39 is 16.1 Å². The SMILES string of the molecule is C.C.C.C=CCCBr.C[SiH](C)C.C[Si](C)(C)CCCCBr.C[Si](C)(C)CCCCN=[N+]=[N-]. The van der Waals surface area contributed by atoms with Gasteiger partial charge >= 0.3 is 0 Å². The molecule has 3 nitrogen and oxygen atoms in total. The molecule has 0 N–H and O–H groups in total. The van der Waals surface area contributed by atoms with Crippen LogP contribution in [0.2, 0.25) is 71.0 Å². The van der Waals surface area contributed by atoms with Crippen molar-refractivity contribution < 1.29 is 0 Å². The van der Waals surface area contributed by atoms with E-state index in [0.717, 1.165) is 18.2 Å².